The Morgan fingerprint density at radius 1 is 0.818 bits per heavy atom. The van der Waals surface area contributed by atoms with Crippen molar-refractivity contribution in [3.8, 4) is 0 Å². The summed E-state index contributed by atoms with van der Waals surface area (Å²) >= 11 is 6.23. The van der Waals surface area contributed by atoms with Crippen LogP contribution >= 0.6 is 11.6 Å². The second-order valence-corrected chi connectivity index (χ2v) is 8.56. The lowest BCUT2D eigenvalue weighted by Crippen LogP contribution is -2.49. The Hall–Kier alpha value is -3.40. The van der Waals surface area contributed by atoms with E-state index < -0.39 is 9.85 Å². The number of halogens is 1. The number of benzene rings is 2. The highest BCUT2D eigenvalue weighted by Crippen LogP contribution is 2.36. The Bertz CT molecular complexity index is 1080. The van der Waals surface area contributed by atoms with Crippen LogP contribution in [-0.2, 0) is 0 Å². The molecule has 174 valence electrons. The van der Waals surface area contributed by atoms with E-state index in [4.69, 9.17) is 11.6 Å². The Labute approximate surface area is 195 Å². The van der Waals surface area contributed by atoms with Crippen molar-refractivity contribution >= 4 is 40.3 Å². The quantitative estimate of drug-likeness (QED) is 0.474. The third-order valence-electron chi connectivity index (χ3n) is 6.16. The van der Waals surface area contributed by atoms with Crippen LogP contribution in [0.15, 0.2) is 36.4 Å². The van der Waals surface area contributed by atoms with Crippen molar-refractivity contribution < 1.29 is 14.6 Å². The summed E-state index contributed by atoms with van der Waals surface area (Å²) in [6.07, 6.45) is 3.10. The van der Waals surface area contributed by atoms with Gasteiger partial charge in [0.05, 0.1) is 14.9 Å². The molecule has 0 atom stereocenters. The molecule has 2 saturated heterocycles. The van der Waals surface area contributed by atoms with Gasteiger partial charge in [-0.15, -0.1) is 0 Å². The number of para-hydroxylation sites is 1. The number of carbonyl (C=O) groups excluding carboxylic acids is 1. The molecule has 2 aliphatic heterocycles. The third-order valence-corrected chi connectivity index (χ3v) is 6.47. The van der Waals surface area contributed by atoms with Gasteiger partial charge in [0, 0.05) is 57.0 Å². The second-order valence-electron chi connectivity index (χ2n) is 8.15. The molecule has 0 radical (unpaired) electrons. The van der Waals surface area contributed by atoms with Crippen LogP contribution in [0.3, 0.4) is 0 Å². The van der Waals surface area contributed by atoms with E-state index in [1.54, 1.807) is 28.0 Å². The number of hydrogen-bond donors (Lipinski definition) is 0. The van der Waals surface area contributed by atoms with Crippen LogP contribution in [0.5, 0.6) is 0 Å². The fourth-order valence-electron chi connectivity index (χ4n) is 4.48. The first-order chi connectivity index (χ1) is 15.9. The zero-order valence-corrected chi connectivity index (χ0v) is 18.7. The molecule has 2 aromatic carbocycles. The highest BCUT2D eigenvalue weighted by molar-refractivity contribution is 6.33. The van der Waals surface area contributed by atoms with Gasteiger partial charge in [-0.1, -0.05) is 17.7 Å². The lowest BCUT2D eigenvalue weighted by molar-refractivity contribution is -0.384. The Morgan fingerprint density at radius 2 is 1.48 bits per heavy atom. The Kier molecular flexibility index (Phi) is 6.64. The van der Waals surface area contributed by atoms with E-state index in [0.29, 0.717) is 37.6 Å². The van der Waals surface area contributed by atoms with Gasteiger partial charge in [-0.2, -0.15) is 0 Å². The molecule has 0 aliphatic carbocycles. The van der Waals surface area contributed by atoms with Crippen molar-refractivity contribution in [1.82, 2.24) is 4.90 Å². The number of piperidine rings is 1. The topological polar surface area (TPSA) is 113 Å². The minimum Gasteiger partial charge on any atom is -0.366 e. The molecule has 0 spiro atoms. The number of nitro benzene ring substituents is 2. The summed E-state index contributed by atoms with van der Waals surface area (Å²) in [5.74, 6) is -0.295. The molecule has 2 aromatic rings. The molecule has 0 bridgehead atoms. The zero-order chi connectivity index (χ0) is 23.5. The molecule has 0 unspecified atom stereocenters. The van der Waals surface area contributed by atoms with E-state index in [0.717, 1.165) is 32.4 Å². The summed E-state index contributed by atoms with van der Waals surface area (Å²) in [6.45, 7) is 2.91. The SMILES string of the molecule is O=C(c1ccc(N2CCCCC2)c([N+](=O)[O-])c1)N1CCN(c2c(Cl)cccc2[N+](=O)[O-])CC1. The maximum atomic E-state index is 13.1. The predicted molar refractivity (Wildman–Crippen MR) is 125 cm³/mol. The fourth-order valence-corrected chi connectivity index (χ4v) is 4.77. The van der Waals surface area contributed by atoms with E-state index in [1.807, 2.05) is 4.90 Å². The standard InChI is InChI=1S/C22H24ClN5O5/c23-17-5-4-6-19(27(30)31)21(17)25-11-13-26(14-12-25)22(29)16-7-8-18(20(15-16)28(32)33)24-9-2-1-3-10-24/h4-8,15H,1-3,9-14H2. The molecule has 33 heavy (non-hydrogen) atoms. The molecule has 0 saturated carbocycles. The van der Waals surface area contributed by atoms with Gasteiger partial charge < -0.3 is 14.7 Å². The number of hydrogen-bond acceptors (Lipinski definition) is 7. The minimum atomic E-state index is -0.470. The molecule has 11 heteroatoms. The Balaban J connectivity index is 1.50. The first-order valence-electron chi connectivity index (χ1n) is 10.9. The van der Waals surface area contributed by atoms with Crippen LogP contribution in [0.1, 0.15) is 29.6 Å². The smallest absolute Gasteiger partial charge is 0.294 e. The number of carbonyl (C=O) groups is 1. The van der Waals surface area contributed by atoms with Crippen LogP contribution in [-0.4, -0.2) is 59.9 Å². The maximum Gasteiger partial charge on any atom is 0.294 e. The van der Waals surface area contributed by atoms with Gasteiger partial charge >= 0.3 is 0 Å². The number of anilines is 2. The lowest BCUT2D eigenvalue weighted by atomic mass is 10.1. The predicted octanol–water partition coefficient (Wildman–Crippen LogP) is 4.11. The molecule has 2 fully saturated rings. The summed E-state index contributed by atoms with van der Waals surface area (Å²) in [7, 11) is 0. The largest absolute Gasteiger partial charge is 0.366 e. The molecule has 0 N–H and O–H groups in total. The van der Waals surface area contributed by atoms with Crippen LogP contribution < -0.4 is 9.80 Å². The lowest BCUT2D eigenvalue weighted by Gasteiger charge is -2.36. The van der Waals surface area contributed by atoms with Crippen molar-refractivity contribution in [2.75, 3.05) is 49.1 Å². The van der Waals surface area contributed by atoms with Gasteiger partial charge in [0.15, 0.2) is 0 Å². The number of piperazine rings is 1. The van der Waals surface area contributed by atoms with Crippen LogP contribution in [0, 0.1) is 20.2 Å². The molecule has 4 rings (SSSR count). The average Bonchev–Trinajstić information content (AvgIpc) is 2.83. The van der Waals surface area contributed by atoms with E-state index in [2.05, 4.69) is 0 Å². The number of amides is 1. The van der Waals surface area contributed by atoms with Crippen molar-refractivity contribution in [2.45, 2.75) is 19.3 Å². The molecule has 0 aromatic heterocycles. The molecule has 1 amide bonds. The Morgan fingerprint density at radius 3 is 2.12 bits per heavy atom. The van der Waals surface area contributed by atoms with Gasteiger partial charge in [0.25, 0.3) is 17.3 Å². The van der Waals surface area contributed by atoms with Crippen molar-refractivity contribution in [2.24, 2.45) is 0 Å². The molecular formula is C22H24ClN5O5. The minimum absolute atomic E-state index is 0.0620. The second kappa shape index (κ2) is 9.62. The van der Waals surface area contributed by atoms with Crippen LogP contribution in [0.4, 0.5) is 22.7 Å². The van der Waals surface area contributed by atoms with E-state index >= 15 is 0 Å². The monoisotopic (exact) mass is 473 g/mol. The first-order valence-corrected chi connectivity index (χ1v) is 11.2. The fraction of sp³-hybridized carbons (Fsp3) is 0.409. The van der Waals surface area contributed by atoms with Crippen molar-refractivity contribution in [1.29, 1.82) is 0 Å². The van der Waals surface area contributed by atoms with E-state index in [9.17, 15) is 25.0 Å². The van der Waals surface area contributed by atoms with Gasteiger partial charge in [-0.3, -0.25) is 25.0 Å². The summed E-state index contributed by atoms with van der Waals surface area (Å²) in [4.78, 5) is 40.7. The van der Waals surface area contributed by atoms with Gasteiger partial charge in [-0.25, -0.2) is 0 Å². The van der Waals surface area contributed by atoms with Crippen LogP contribution in [0.2, 0.25) is 5.02 Å². The third kappa shape index (κ3) is 4.70. The molecule has 2 heterocycles. The van der Waals surface area contributed by atoms with Crippen LogP contribution in [0.25, 0.3) is 0 Å². The molecule has 2 aliphatic rings. The first kappa shape index (κ1) is 22.8. The summed E-state index contributed by atoms with van der Waals surface area (Å²) in [5.41, 5.74) is 1.02. The highest BCUT2D eigenvalue weighted by Gasteiger charge is 2.29. The molecule has 10 nitrogen and oxygen atoms in total. The number of rotatable bonds is 5. The van der Waals surface area contributed by atoms with Crippen molar-refractivity contribution in [3.63, 3.8) is 0 Å². The summed E-state index contributed by atoms with van der Waals surface area (Å²) < 4.78 is 0. The van der Waals surface area contributed by atoms with Gasteiger partial charge in [0.1, 0.15) is 11.4 Å². The van der Waals surface area contributed by atoms with E-state index in [1.165, 1.54) is 18.2 Å². The average molecular weight is 474 g/mol. The van der Waals surface area contributed by atoms with E-state index in [-0.39, 0.29) is 27.9 Å². The van der Waals surface area contributed by atoms with Crippen molar-refractivity contribution in [3.05, 3.63) is 67.2 Å². The van der Waals surface area contributed by atoms with Gasteiger partial charge in [-0.05, 0) is 37.5 Å². The summed E-state index contributed by atoms with van der Waals surface area (Å²) in [5, 5.41) is 23.4. The highest BCUT2D eigenvalue weighted by atomic mass is 35.5. The van der Waals surface area contributed by atoms with Gasteiger partial charge in [0.2, 0.25) is 0 Å². The normalized spacial score (nSPS) is 16.6. The zero-order valence-electron chi connectivity index (χ0n) is 18.0. The number of nitrogens with zero attached hydrogens (tertiary/aromatic N) is 5. The number of nitro groups is 2. The molecular weight excluding hydrogens is 450 g/mol. The summed E-state index contributed by atoms with van der Waals surface area (Å²) in [6, 6.07) is 9.21. The maximum absolute atomic E-state index is 13.1.